The van der Waals surface area contributed by atoms with Gasteiger partial charge < -0.3 is 10.6 Å². The molecular formula is C24H29N5. The Kier molecular flexibility index (Phi) is 6.37. The summed E-state index contributed by atoms with van der Waals surface area (Å²) in [6.45, 7) is 3.87. The Labute approximate surface area is 172 Å². The second-order valence-electron chi connectivity index (χ2n) is 7.46. The van der Waals surface area contributed by atoms with Gasteiger partial charge in [-0.25, -0.2) is 0 Å². The summed E-state index contributed by atoms with van der Waals surface area (Å²) in [5.41, 5.74) is 3.60. The quantitative estimate of drug-likeness (QED) is 0.500. The average Bonchev–Trinajstić information content (AvgIpc) is 3.31. The monoisotopic (exact) mass is 387 g/mol. The van der Waals surface area contributed by atoms with E-state index in [0.29, 0.717) is 12.6 Å². The Hall–Kier alpha value is -2.92. The Morgan fingerprint density at radius 2 is 1.76 bits per heavy atom. The van der Waals surface area contributed by atoms with Gasteiger partial charge in [0, 0.05) is 31.7 Å². The normalized spacial score (nSPS) is 16.1. The van der Waals surface area contributed by atoms with Crippen molar-refractivity contribution < 1.29 is 0 Å². The van der Waals surface area contributed by atoms with E-state index in [9.17, 15) is 0 Å². The third-order valence-corrected chi connectivity index (χ3v) is 5.64. The van der Waals surface area contributed by atoms with Crippen molar-refractivity contribution in [2.75, 3.05) is 26.7 Å². The molecule has 3 aromatic rings. The van der Waals surface area contributed by atoms with Gasteiger partial charge in [-0.3, -0.25) is 14.9 Å². The molecule has 2 heterocycles. The Bertz CT molecular complexity index is 942. The largest absolute Gasteiger partial charge is 0.354 e. The van der Waals surface area contributed by atoms with E-state index in [1.54, 1.807) is 0 Å². The molecular weight excluding hydrogens is 358 g/mol. The maximum atomic E-state index is 4.45. The molecule has 2 aromatic carbocycles. The highest BCUT2D eigenvalue weighted by molar-refractivity contribution is 5.83. The van der Waals surface area contributed by atoms with Crippen LogP contribution in [0.5, 0.6) is 0 Å². The van der Waals surface area contributed by atoms with Crippen LogP contribution in [0.15, 0.2) is 71.9 Å². The maximum Gasteiger partial charge on any atom is 0.191 e. The SMILES string of the molecule is CN=C(NCc1ccnc2ccccc12)NCC(c1ccccc1)N1CCCC1. The molecule has 2 N–H and O–H groups in total. The number of likely N-dealkylation sites (tertiary alicyclic amines) is 1. The molecule has 5 nitrogen and oxygen atoms in total. The summed E-state index contributed by atoms with van der Waals surface area (Å²) >= 11 is 0. The van der Waals surface area contributed by atoms with Gasteiger partial charge in [-0.05, 0) is 49.2 Å². The van der Waals surface area contributed by atoms with E-state index in [4.69, 9.17) is 0 Å². The van der Waals surface area contributed by atoms with E-state index in [1.807, 2.05) is 25.4 Å². The molecule has 0 amide bonds. The van der Waals surface area contributed by atoms with Crippen LogP contribution in [-0.4, -0.2) is 42.5 Å². The molecule has 0 radical (unpaired) electrons. The fourth-order valence-corrected chi connectivity index (χ4v) is 4.09. The van der Waals surface area contributed by atoms with Crippen molar-refractivity contribution in [1.29, 1.82) is 0 Å². The highest BCUT2D eigenvalue weighted by Crippen LogP contribution is 2.24. The summed E-state index contributed by atoms with van der Waals surface area (Å²) in [5, 5.41) is 8.19. The first-order chi connectivity index (χ1) is 14.3. The number of benzene rings is 2. The van der Waals surface area contributed by atoms with Crippen molar-refractivity contribution in [1.82, 2.24) is 20.5 Å². The zero-order valence-electron chi connectivity index (χ0n) is 17.0. The molecule has 5 heteroatoms. The third-order valence-electron chi connectivity index (χ3n) is 5.64. The number of aromatic nitrogens is 1. The lowest BCUT2D eigenvalue weighted by Crippen LogP contribution is -2.42. The van der Waals surface area contributed by atoms with Gasteiger partial charge in [0.1, 0.15) is 0 Å². The molecule has 0 spiro atoms. The minimum absolute atomic E-state index is 0.360. The fourth-order valence-electron chi connectivity index (χ4n) is 4.09. The number of nitrogens with zero attached hydrogens (tertiary/aromatic N) is 3. The van der Waals surface area contributed by atoms with E-state index >= 15 is 0 Å². The van der Waals surface area contributed by atoms with Crippen LogP contribution in [0.2, 0.25) is 0 Å². The summed E-state index contributed by atoms with van der Waals surface area (Å²) < 4.78 is 0. The second kappa shape index (κ2) is 9.52. The summed E-state index contributed by atoms with van der Waals surface area (Å²) in [5.74, 6) is 0.825. The second-order valence-corrected chi connectivity index (χ2v) is 7.46. The summed E-state index contributed by atoms with van der Waals surface area (Å²) in [7, 11) is 1.83. The molecule has 1 fully saturated rings. The van der Waals surface area contributed by atoms with Crippen molar-refractivity contribution in [2.24, 2.45) is 4.99 Å². The van der Waals surface area contributed by atoms with Crippen LogP contribution in [-0.2, 0) is 6.54 Å². The van der Waals surface area contributed by atoms with Crippen molar-refractivity contribution in [3.8, 4) is 0 Å². The molecule has 29 heavy (non-hydrogen) atoms. The summed E-state index contributed by atoms with van der Waals surface area (Å²) in [4.78, 5) is 11.5. The van der Waals surface area contributed by atoms with Crippen molar-refractivity contribution >= 4 is 16.9 Å². The summed E-state index contributed by atoms with van der Waals surface area (Å²) in [6.07, 6.45) is 4.44. The topological polar surface area (TPSA) is 52.6 Å². The zero-order chi connectivity index (χ0) is 19.9. The Balaban J connectivity index is 1.41. The first-order valence-electron chi connectivity index (χ1n) is 10.4. The smallest absolute Gasteiger partial charge is 0.191 e. The standard InChI is InChI=1S/C24H29N5/c1-25-24(27-17-20-13-14-26-22-12-6-5-11-21(20)22)28-18-23(29-15-7-8-16-29)19-9-3-2-4-10-19/h2-6,9-14,23H,7-8,15-18H2,1H3,(H2,25,27,28). The van der Waals surface area contributed by atoms with Crippen LogP contribution in [0.25, 0.3) is 10.9 Å². The molecule has 1 aromatic heterocycles. The highest BCUT2D eigenvalue weighted by Gasteiger charge is 2.23. The minimum atomic E-state index is 0.360. The van der Waals surface area contributed by atoms with Gasteiger partial charge in [-0.15, -0.1) is 0 Å². The van der Waals surface area contributed by atoms with Crippen molar-refractivity contribution in [3.63, 3.8) is 0 Å². The van der Waals surface area contributed by atoms with E-state index in [0.717, 1.165) is 31.1 Å². The number of para-hydroxylation sites is 1. The van der Waals surface area contributed by atoms with E-state index in [2.05, 4.69) is 74.0 Å². The number of hydrogen-bond donors (Lipinski definition) is 2. The third kappa shape index (κ3) is 4.74. The minimum Gasteiger partial charge on any atom is -0.354 e. The number of guanidine groups is 1. The Morgan fingerprint density at radius 1 is 1.00 bits per heavy atom. The van der Waals surface area contributed by atoms with Gasteiger partial charge in [-0.1, -0.05) is 48.5 Å². The molecule has 150 valence electrons. The van der Waals surface area contributed by atoms with Crippen LogP contribution >= 0.6 is 0 Å². The van der Waals surface area contributed by atoms with Gasteiger partial charge in [-0.2, -0.15) is 0 Å². The molecule has 1 saturated heterocycles. The number of aliphatic imine (C=N–C) groups is 1. The number of rotatable bonds is 6. The number of fused-ring (bicyclic) bond motifs is 1. The van der Waals surface area contributed by atoms with Gasteiger partial charge in [0.25, 0.3) is 0 Å². The van der Waals surface area contributed by atoms with Crippen LogP contribution in [0, 0.1) is 0 Å². The van der Waals surface area contributed by atoms with E-state index < -0.39 is 0 Å². The predicted octanol–water partition coefficient (Wildman–Crippen LogP) is 3.74. The molecule has 1 atom stereocenters. The van der Waals surface area contributed by atoms with E-state index in [-0.39, 0.29) is 0 Å². The first-order valence-corrected chi connectivity index (χ1v) is 10.4. The molecule has 0 saturated carbocycles. The zero-order valence-corrected chi connectivity index (χ0v) is 17.0. The van der Waals surface area contributed by atoms with Crippen molar-refractivity contribution in [3.05, 3.63) is 78.0 Å². The summed E-state index contributed by atoms with van der Waals surface area (Å²) in [6, 6.07) is 21.5. The lowest BCUT2D eigenvalue weighted by atomic mass is 10.1. The van der Waals surface area contributed by atoms with Gasteiger partial charge in [0.2, 0.25) is 0 Å². The van der Waals surface area contributed by atoms with Crippen LogP contribution in [0.4, 0.5) is 0 Å². The number of pyridine rings is 1. The fraction of sp³-hybridized carbons (Fsp3) is 0.333. The number of nitrogens with one attached hydrogen (secondary N) is 2. The average molecular weight is 388 g/mol. The van der Waals surface area contributed by atoms with Crippen molar-refractivity contribution in [2.45, 2.75) is 25.4 Å². The molecule has 1 aliphatic rings. The van der Waals surface area contributed by atoms with Crippen LogP contribution in [0.3, 0.4) is 0 Å². The lowest BCUT2D eigenvalue weighted by Gasteiger charge is -2.29. The molecule has 4 rings (SSSR count). The molecule has 1 unspecified atom stereocenters. The maximum absolute atomic E-state index is 4.45. The van der Waals surface area contributed by atoms with Gasteiger partial charge in [0.05, 0.1) is 11.6 Å². The highest BCUT2D eigenvalue weighted by atomic mass is 15.2. The molecule has 1 aliphatic heterocycles. The Morgan fingerprint density at radius 3 is 2.55 bits per heavy atom. The molecule has 0 bridgehead atoms. The molecule has 0 aliphatic carbocycles. The first kappa shape index (κ1) is 19.4. The van der Waals surface area contributed by atoms with Gasteiger partial charge in [0.15, 0.2) is 5.96 Å². The van der Waals surface area contributed by atoms with Crippen LogP contribution < -0.4 is 10.6 Å². The number of hydrogen-bond acceptors (Lipinski definition) is 3. The van der Waals surface area contributed by atoms with E-state index in [1.165, 1.54) is 29.4 Å². The predicted molar refractivity (Wildman–Crippen MR) is 120 cm³/mol. The lowest BCUT2D eigenvalue weighted by molar-refractivity contribution is 0.245. The van der Waals surface area contributed by atoms with Gasteiger partial charge >= 0.3 is 0 Å². The van der Waals surface area contributed by atoms with Crippen LogP contribution in [0.1, 0.15) is 30.0 Å².